The van der Waals surface area contributed by atoms with Crippen LogP contribution in [0.15, 0.2) is 24.3 Å². The molecule has 2 unspecified atom stereocenters. The molecule has 0 N–H and O–H groups in total. The van der Waals surface area contributed by atoms with Crippen LogP contribution in [0.25, 0.3) is 0 Å². The van der Waals surface area contributed by atoms with Crippen LogP contribution in [0.1, 0.15) is 43.7 Å². The Bertz CT molecular complexity index is 280. The lowest BCUT2D eigenvalue weighted by molar-refractivity contribution is 0.648. The summed E-state index contributed by atoms with van der Waals surface area (Å²) in [5.74, 6) is 0.608. The fourth-order valence-electron chi connectivity index (χ4n) is 1.82. The van der Waals surface area contributed by atoms with E-state index >= 15 is 0 Å². The second-order valence-electron chi connectivity index (χ2n) is 3.95. The molecule has 0 aliphatic rings. The zero-order chi connectivity index (χ0) is 10.6. The predicted octanol–water partition coefficient (Wildman–Crippen LogP) is 4.66. The fourth-order valence-corrected chi connectivity index (χ4v) is 2.56. The van der Waals surface area contributed by atoms with Gasteiger partial charge in [-0.2, -0.15) is 0 Å². The highest BCUT2D eigenvalue weighted by molar-refractivity contribution is 9.09. The molecule has 0 aromatic heterocycles. The van der Waals surface area contributed by atoms with Gasteiger partial charge in [-0.05, 0) is 30.4 Å². The van der Waals surface area contributed by atoms with Crippen molar-refractivity contribution in [1.82, 2.24) is 0 Å². The minimum Gasteiger partial charge on any atom is -0.0884 e. The summed E-state index contributed by atoms with van der Waals surface area (Å²) in [5, 5.41) is 0. The smallest absolute Gasteiger partial charge is 0.0211 e. The maximum absolute atomic E-state index is 3.77. The lowest BCUT2D eigenvalue weighted by atomic mass is 9.92. The lowest BCUT2D eigenvalue weighted by Crippen LogP contribution is -2.09. The molecular weight excluding hydrogens is 236 g/mol. The summed E-state index contributed by atoms with van der Waals surface area (Å²) in [5.41, 5.74) is 2.88. The predicted molar refractivity (Wildman–Crippen MR) is 67.2 cm³/mol. The molecule has 1 aromatic carbocycles. The zero-order valence-corrected chi connectivity index (χ0v) is 10.8. The van der Waals surface area contributed by atoms with E-state index in [1.165, 1.54) is 24.0 Å². The maximum Gasteiger partial charge on any atom is 0.0211 e. The van der Waals surface area contributed by atoms with E-state index in [0.717, 1.165) is 0 Å². The van der Waals surface area contributed by atoms with Gasteiger partial charge < -0.3 is 0 Å². The molecule has 14 heavy (non-hydrogen) atoms. The second-order valence-corrected chi connectivity index (χ2v) is 5.13. The summed E-state index contributed by atoms with van der Waals surface area (Å²) in [7, 11) is 0. The van der Waals surface area contributed by atoms with Crippen LogP contribution in [-0.4, -0.2) is 4.83 Å². The van der Waals surface area contributed by atoms with Gasteiger partial charge in [0.25, 0.3) is 0 Å². The summed E-state index contributed by atoms with van der Waals surface area (Å²) < 4.78 is 0. The molecule has 78 valence electrons. The van der Waals surface area contributed by atoms with Gasteiger partial charge in [-0.15, -0.1) is 0 Å². The standard InChI is InChI=1S/C13H19Br/c1-4-7-13(14)11(3)12-9-6-5-8-10(12)2/h5-6,8-9,11,13H,4,7H2,1-3H3. The minimum absolute atomic E-state index is 0.605. The SMILES string of the molecule is CCCC(Br)C(C)c1ccccc1C. The number of alkyl halides is 1. The van der Waals surface area contributed by atoms with Gasteiger partial charge in [0.2, 0.25) is 0 Å². The first kappa shape index (κ1) is 11.8. The average Bonchev–Trinajstić information content (AvgIpc) is 2.18. The molecule has 0 saturated heterocycles. The van der Waals surface area contributed by atoms with Crippen LogP contribution in [0.4, 0.5) is 0 Å². The van der Waals surface area contributed by atoms with Gasteiger partial charge in [0.15, 0.2) is 0 Å². The Kier molecular flexibility index (Phi) is 4.67. The molecule has 1 heteroatoms. The number of hydrogen-bond acceptors (Lipinski definition) is 0. The summed E-state index contributed by atoms with van der Waals surface area (Å²) in [4.78, 5) is 0.605. The Morgan fingerprint density at radius 2 is 1.93 bits per heavy atom. The van der Waals surface area contributed by atoms with Crippen molar-refractivity contribution in [2.45, 2.75) is 44.4 Å². The topological polar surface area (TPSA) is 0 Å². The highest BCUT2D eigenvalue weighted by Gasteiger charge is 2.16. The van der Waals surface area contributed by atoms with Gasteiger partial charge in [-0.3, -0.25) is 0 Å². The number of benzene rings is 1. The van der Waals surface area contributed by atoms with Crippen molar-refractivity contribution in [3.63, 3.8) is 0 Å². The first-order valence-corrected chi connectivity index (χ1v) is 6.28. The van der Waals surface area contributed by atoms with Crippen LogP contribution < -0.4 is 0 Å². The van der Waals surface area contributed by atoms with E-state index in [-0.39, 0.29) is 0 Å². The Hall–Kier alpha value is -0.300. The Morgan fingerprint density at radius 3 is 2.50 bits per heavy atom. The molecule has 0 aliphatic carbocycles. The Balaban J connectivity index is 2.78. The fraction of sp³-hybridized carbons (Fsp3) is 0.538. The Morgan fingerprint density at radius 1 is 1.29 bits per heavy atom. The van der Waals surface area contributed by atoms with Crippen molar-refractivity contribution in [3.8, 4) is 0 Å². The maximum atomic E-state index is 3.77. The molecule has 0 fully saturated rings. The summed E-state index contributed by atoms with van der Waals surface area (Å²) in [6.45, 7) is 6.73. The number of rotatable bonds is 4. The molecular formula is C13H19Br. The third-order valence-corrected chi connectivity index (χ3v) is 4.04. The third kappa shape index (κ3) is 2.84. The van der Waals surface area contributed by atoms with Gasteiger partial charge in [-0.25, -0.2) is 0 Å². The van der Waals surface area contributed by atoms with Crippen molar-refractivity contribution in [2.24, 2.45) is 0 Å². The first-order chi connectivity index (χ1) is 6.66. The number of aryl methyl sites for hydroxylation is 1. The normalized spacial score (nSPS) is 15.1. The van der Waals surface area contributed by atoms with E-state index in [9.17, 15) is 0 Å². The van der Waals surface area contributed by atoms with Crippen LogP contribution in [0.5, 0.6) is 0 Å². The monoisotopic (exact) mass is 254 g/mol. The van der Waals surface area contributed by atoms with Gasteiger partial charge in [0, 0.05) is 4.83 Å². The van der Waals surface area contributed by atoms with Crippen LogP contribution in [0.2, 0.25) is 0 Å². The van der Waals surface area contributed by atoms with E-state index in [2.05, 4.69) is 61.0 Å². The van der Waals surface area contributed by atoms with Crippen molar-refractivity contribution in [3.05, 3.63) is 35.4 Å². The van der Waals surface area contributed by atoms with Gasteiger partial charge in [0.05, 0.1) is 0 Å². The molecule has 0 radical (unpaired) electrons. The lowest BCUT2D eigenvalue weighted by Gasteiger charge is -2.19. The van der Waals surface area contributed by atoms with Crippen molar-refractivity contribution in [1.29, 1.82) is 0 Å². The molecule has 0 nitrogen and oxygen atoms in total. The average molecular weight is 255 g/mol. The van der Waals surface area contributed by atoms with E-state index in [1.807, 2.05) is 0 Å². The van der Waals surface area contributed by atoms with Crippen LogP contribution >= 0.6 is 15.9 Å². The van der Waals surface area contributed by atoms with Gasteiger partial charge in [-0.1, -0.05) is 60.5 Å². The van der Waals surface area contributed by atoms with Gasteiger partial charge >= 0.3 is 0 Å². The molecule has 0 heterocycles. The highest BCUT2D eigenvalue weighted by atomic mass is 79.9. The van der Waals surface area contributed by atoms with Crippen LogP contribution in [0, 0.1) is 6.92 Å². The summed E-state index contributed by atoms with van der Waals surface area (Å²) in [6, 6.07) is 8.67. The highest BCUT2D eigenvalue weighted by Crippen LogP contribution is 2.29. The molecule has 1 aromatic rings. The summed E-state index contributed by atoms with van der Waals surface area (Å²) in [6.07, 6.45) is 2.49. The Labute approximate surface area is 95.9 Å². The molecule has 2 atom stereocenters. The third-order valence-electron chi connectivity index (χ3n) is 2.79. The quantitative estimate of drug-likeness (QED) is 0.686. The van der Waals surface area contributed by atoms with Crippen molar-refractivity contribution < 1.29 is 0 Å². The molecule has 0 bridgehead atoms. The first-order valence-electron chi connectivity index (χ1n) is 5.36. The van der Waals surface area contributed by atoms with E-state index in [0.29, 0.717) is 10.7 Å². The van der Waals surface area contributed by atoms with E-state index in [4.69, 9.17) is 0 Å². The minimum atomic E-state index is 0.605. The molecule has 0 saturated carbocycles. The molecule has 0 aliphatic heterocycles. The van der Waals surface area contributed by atoms with Crippen LogP contribution in [-0.2, 0) is 0 Å². The molecule has 1 rings (SSSR count). The molecule has 0 spiro atoms. The van der Waals surface area contributed by atoms with Gasteiger partial charge in [0.1, 0.15) is 0 Å². The van der Waals surface area contributed by atoms with Crippen LogP contribution in [0.3, 0.4) is 0 Å². The van der Waals surface area contributed by atoms with Crippen molar-refractivity contribution in [2.75, 3.05) is 0 Å². The number of halogens is 1. The zero-order valence-electron chi connectivity index (χ0n) is 9.26. The summed E-state index contributed by atoms with van der Waals surface area (Å²) >= 11 is 3.77. The van der Waals surface area contributed by atoms with Crippen molar-refractivity contribution >= 4 is 15.9 Å². The molecule has 0 amide bonds. The second kappa shape index (κ2) is 5.55. The largest absolute Gasteiger partial charge is 0.0884 e. The number of hydrogen-bond donors (Lipinski definition) is 0. The van der Waals surface area contributed by atoms with E-state index < -0.39 is 0 Å². The van der Waals surface area contributed by atoms with E-state index in [1.54, 1.807) is 0 Å².